The predicted molar refractivity (Wildman–Crippen MR) is 52.0 cm³/mol. The number of aromatic nitrogens is 1. The molecule has 0 spiro atoms. The first kappa shape index (κ1) is 8.99. The number of anilines is 1. The van der Waals surface area contributed by atoms with Crippen molar-refractivity contribution < 1.29 is 9.53 Å². The zero-order valence-electron chi connectivity index (χ0n) is 7.99. The van der Waals surface area contributed by atoms with Crippen molar-refractivity contribution in [1.29, 1.82) is 0 Å². The van der Waals surface area contributed by atoms with E-state index in [0.717, 1.165) is 18.5 Å². The molecule has 0 amide bonds. The van der Waals surface area contributed by atoms with Gasteiger partial charge in [0.15, 0.2) is 0 Å². The molecule has 1 atom stereocenters. The molecule has 0 aromatic carbocycles. The lowest BCUT2D eigenvalue weighted by atomic mass is 10.00. The van der Waals surface area contributed by atoms with Crippen LogP contribution in [-0.2, 0) is 16.0 Å². The molecule has 1 aliphatic rings. The minimum absolute atomic E-state index is 0.209. The van der Waals surface area contributed by atoms with E-state index in [0.29, 0.717) is 0 Å². The molecule has 4 nitrogen and oxygen atoms in total. The zero-order chi connectivity index (χ0) is 9.97. The quantitative estimate of drug-likeness (QED) is 0.674. The van der Waals surface area contributed by atoms with Crippen LogP contribution in [0.2, 0.25) is 0 Å². The minimum Gasteiger partial charge on any atom is -0.467 e. The van der Waals surface area contributed by atoms with Gasteiger partial charge in [0.2, 0.25) is 0 Å². The number of nitrogens with one attached hydrogen (secondary N) is 1. The number of carbonyl (C=O) groups excluding carboxylic acids is 1. The van der Waals surface area contributed by atoms with Gasteiger partial charge in [-0.05, 0) is 24.5 Å². The van der Waals surface area contributed by atoms with Crippen molar-refractivity contribution in [3.8, 4) is 0 Å². The first-order valence-electron chi connectivity index (χ1n) is 4.58. The Morgan fingerprint density at radius 1 is 1.71 bits per heavy atom. The van der Waals surface area contributed by atoms with Crippen LogP contribution in [0.15, 0.2) is 18.5 Å². The number of aryl methyl sites for hydroxylation is 1. The number of hydrogen-bond acceptors (Lipinski definition) is 4. The first-order chi connectivity index (χ1) is 6.81. The number of esters is 1. The van der Waals surface area contributed by atoms with Crippen molar-refractivity contribution in [3.63, 3.8) is 0 Å². The van der Waals surface area contributed by atoms with Gasteiger partial charge < -0.3 is 10.1 Å². The van der Waals surface area contributed by atoms with Crippen molar-refractivity contribution in [2.75, 3.05) is 12.4 Å². The smallest absolute Gasteiger partial charge is 0.328 e. The molecule has 2 rings (SSSR count). The highest BCUT2D eigenvalue weighted by atomic mass is 16.5. The van der Waals surface area contributed by atoms with Crippen LogP contribution in [0.4, 0.5) is 5.69 Å². The van der Waals surface area contributed by atoms with Crippen LogP contribution in [0.1, 0.15) is 12.0 Å². The largest absolute Gasteiger partial charge is 0.467 e. The molecule has 0 aliphatic carbocycles. The molecule has 2 heterocycles. The highest BCUT2D eigenvalue weighted by Crippen LogP contribution is 2.23. The molecule has 14 heavy (non-hydrogen) atoms. The van der Waals surface area contributed by atoms with E-state index in [1.165, 1.54) is 12.7 Å². The van der Waals surface area contributed by atoms with Crippen LogP contribution in [-0.4, -0.2) is 24.1 Å². The number of ether oxygens (including phenoxy) is 1. The fraction of sp³-hybridized carbons (Fsp3) is 0.400. The van der Waals surface area contributed by atoms with Crippen molar-refractivity contribution in [3.05, 3.63) is 24.0 Å². The van der Waals surface area contributed by atoms with E-state index < -0.39 is 0 Å². The molecule has 1 aromatic heterocycles. The maximum Gasteiger partial charge on any atom is 0.328 e. The van der Waals surface area contributed by atoms with E-state index in [9.17, 15) is 4.79 Å². The van der Waals surface area contributed by atoms with Gasteiger partial charge in [-0.1, -0.05) is 0 Å². The van der Waals surface area contributed by atoms with Crippen LogP contribution in [0.3, 0.4) is 0 Å². The van der Waals surface area contributed by atoms with Gasteiger partial charge in [0.1, 0.15) is 6.04 Å². The SMILES string of the molecule is COC(=O)C1CCc2ccncc2N1. The van der Waals surface area contributed by atoms with Crippen molar-refractivity contribution in [2.24, 2.45) is 0 Å². The third-order valence-corrected chi connectivity index (χ3v) is 2.43. The Morgan fingerprint density at radius 3 is 3.36 bits per heavy atom. The van der Waals surface area contributed by atoms with E-state index >= 15 is 0 Å². The first-order valence-corrected chi connectivity index (χ1v) is 4.58. The van der Waals surface area contributed by atoms with Crippen LogP contribution in [0, 0.1) is 0 Å². The Hall–Kier alpha value is -1.58. The highest BCUT2D eigenvalue weighted by molar-refractivity contribution is 5.80. The lowest BCUT2D eigenvalue weighted by Crippen LogP contribution is -2.34. The van der Waals surface area contributed by atoms with Crippen LogP contribution in [0.25, 0.3) is 0 Å². The van der Waals surface area contributed by atoms with Crippen LogP contribution >= 0.6 is 0 Å². The maximum absolute atomic E-state index is 11.3. The predicted octanol–water partition coefficient (Wildman–Crippen LogP) is 0.981. The van der Waals surface area contributed by atoms with E-state index in [1.807, 2.05) is 6.07 Å². The molecule has 0 radical (unpaired) electrons. The van der Waals surface area contributed by atoms with E-state index in [-0.39, 0.29) is 12.0 Å². The van der Waals surface area contributed by atoms with E-state index in [2.05, 4.69) is 15.0 Å². The summed E-state index contributed by atoms with van der Waals surface area (Å²) in [6.07, 6.45) is 5.18. The fourth-order valence-electron chi connectivity index (χ4n) is 1.65. The number of methoxy groups -OCH3 is 1. The lowest BCUT2D eigenvalue weighted by Gasteiger charge is -2.24. The summed E-state index contributed by atoms with van der Waals surface area (Å²) in [5.74, 6) is -0.209. The number of pyridine rings is 1. The standard InChI is InChI=1S/C10H12N2O2/c1-14-10(13)8-3-2-7-4-5-11-6-9(7)12-8/h4-6,8,12H,2-3H2,1H3. The van der Waals surface area contributed by atoms with Crippen molar-refractivity contribution in [1.82, 2.24) is 4.98 Å². The second kappa shape index (κ2) is 3.65. The Morgan fingerprint density at radius 2 is 2.57 bits per heavy atom. The number of nitrogens with zero attached hydrogens (tertiary/aromatic N) is 1. The van der Waals surface area contributed by atoms with E-state index in [4.69, 9.17) is 0 Å². The topological polar surface area (TPSA) is 51.2 Å². The summed E-state index contributed by atoms with van der Waals surface area (Å²) in [6, 6.07) is 1.74. The van der Waals surface area contributed by atoms with Crippen LogP contribution < -0.4 is 5.32 Å². The maximum atomic E-state index is 11.3. The molecule has 1 aromatic rings. The average molecular weight is 192 g/mol. The molecule has 4 heteroatoms. The zero-order valence-corrected chi connectivity index (χ0v) is 7.99. The Kier molecular flexibility index (Phi) is 2.35. The Bertz CT molecular complexity index is 352. The van der Waals surface area contributed by atoms with E-state index in [1.54, 1.807) is 12.4 Å². The summed E-state index contributed by atoms with van der Waals surface area (Å²) >= 11 is 0. The summed E-state index contributed by atoms with van der Waals surface area (Å²) in [4.78, 5) is 15.3. The number of fused-ring (bicyclic) bond motifs is 1. The molecular weight excluding hydrogens is 180 g/mol. The average Bonchev–Trinajstić information content (AvgIpc) is 2.27. The molecule has 0 bridgehead atoms. The van der Waals surface area contributed by atoms with Gasteiger partial charge in [0.25, 0.3) is 0 Å². The molecule has 1 N–H and O–H groups in total. The number of carbonyl (C=O) groups is 1. The van der Waals surface area contributed by atoms with Crippen LogP contribution in [0.5, 0.6) is 0 Å². The normalized spacial score (nSPS) is 19.4. The molecule has 0 saturated carbocycles. The van der Waals surface area contributed by atoms with Gasteiger partial charge in [-0.15, -0.1) is 0 Å². The summed E-state index contributed by atoms with van der Waals surface area (Å²) in [6.45, 7) is 0. The monoisotopic (exact) mass is 192 g/mol. The molecule has 0 saturated heterocycles. The van der Waals surface area contributed by atoms with Gasteiger partial charge in [0, 0.05) is 6.20 Å². The second-order valence-corrected chi connectivity index (χ2v) is 3.29. The van der Waals surface area contributed by atoms with Crippen molar-refractivity contribution >= 4 is 11.7 Å². The van der Waals surface area contributed by atoms with Gasteiger partial charge >= 0.3 is 5.97 Å². The Labute approximate surface area is 82.3 Å². The molecule has 1 unspecified atom stereocenters. The third-order valence-electron chi connectivity index (χ3n) is 2.43. The third kappa shape index (κ3) is 1.55. The molecular formula is C10H12N2O2. The number of rotatable bonds is 1. The van der Waals surface area contributed by atoms with Gasteiger partial charge in [-0.2, -0.15) is 0 Å². The summed E-state index contributed by atoms with van der Waals surface area (Å²) in [7, 11) is 1.41. The van der Waals surface area contributed by atoms with Gasteiger partial charge in [-0.25, -0.2) is 4.79 Å². The lowest BCUT2D eigenvalue weighted by molar-refractivity contribution is -0.141. The summed E-state index contributed by atoms with van der Waals surface area (Å²) in [5.41, 5.74) is 2.15. The molecule has 0 fully saturated rings. The summed E-state index contributed by atoms with van der Waals surface area (Å²) in [5, 5.41) is 3.11. The summed E-state index contributed by atoms with van der Waals surface area (Å²) < 4.78 is 4.68. The molecule has 74 valence electrons. The minimum atomic E-state index is -0.225. The fourth-order valence-corrected chi connectivity index (χ4v) is 1.65. The van der Waals surface area contributed by atoms with Crippen molar-refractivity contribution in [2.45, 2.75) is 18.9 Å². The Balaban J connectivity index is 2.17. The molecule has 1 aliphatic heterocycles. The highest BCUT2D eigenvalue weighted by Gasteiger charge is 2.24. The van der Waals surface area contributed by atoms with Gasteiger partial charge in [-0.3, -0.25) is 4.98 Å². The van der Waals surface area contributed by atoms with Gasteiger partial charge in [0.05, 0.1) is 19.0 Å². The number of hydrogen-bond donors (Lipinski definition) is 1. The second-order valence-electron chi connectivity index (χ2n) is 3.29.